The van der Waals surface area contributed by atoms with Gasteiger partial charge in [-0.15, -0.1) is 0 Å². The van der Waals surface area contributed by atoms with Crippen molar-refractivity contribution in [2.45, 2.75) is 12.8 Å². The van der Waals surface area contributed by atoms with Gasteiger partial charge >= 0.3 is 0 Å². The molecule has 7 heteroatoms. The van der Waals surface area contributed by atoms with Crippen molar-refractivity contribution >= 4 is 62.1 Å². The summed E-state index contributed by atoms with van der Waals surface area (Å²) in [5.74, 6) is 0.0893. The number of nitrogens with zero attached hydrogens (tertiary/aromatic N) is 1. The Kier molecular flexibility index (Phi) is 5.93. The van der Waals surface area contributed by atoms with E-state index < -0.39 is 0 Å². The molecular weight excluding hydrogens is 422 g/mol. The maximum Gasteiger partial charge on any atom is 0.253 e. The largest absolute Gasteiger partial charge is 0.339 e. The van der Waals surface area contributed by atoms with Crippen molar-refractivity contribution in [1.29, 1.82) is 0 Å². The third kappa shape index (κ3) is 4.71. The van der Waals surface area contributed by atoms with E-state index in [0.717, 1.165) is 41.8 Å². The van der Waals surface area contributed by atoms with Gasteiger partial charge in [-0.2, -0.15) is 0 Å². The van der Waals surface area contributed by atoms with Gasteiger partial charge in [0.1, 0.15) is 0 Å². The van der Waals surface area contributed by atoms with Gasteiger partial charge in [-0.05, 0) is 67.5 Å². The normalized spacial score (nSPS) is 13.6. The molecule has 0 aliphatic carbocycles. The number of hydrogen-bond donors (Lipinski definition) is 2. The molecule has 0 aromatic heterocycles. The van der Waals surface area contributed by atoms with E-state index in [4.69, 9.17) is 23.8 Å². The summed E-state index contributed by atoms with van der Waals surface area (Å²) in [6.07, 6.45) is 2.17. The number of thiocarbonyl (C=S) groups is 1. The van der Waals surface area contributed by atoms with Crippen LogP contribution in [0.5, 0.6) is 0 Å². The van der Waals surface area contributed by atoms with Crippen LogP contribution in [0.25, 0.3) is 0 Å². The molecule has 1 saturated heterocycles. The zero-order chi connectivity index (χ0) is 17.8. The minimum absolute atomic E-state index is 0.0893. The Morgan fingerprint density at radius 2 is 1.76 bits per heavy atom. The van der Waals surface area contributed by atoms with E-state index in [9.17, 15) is 4.79 Å². The third-order valence-electron chi connectivity index (χ3n) is 3.96. The van der Waals surface area contributed by atoms with Gasteiger partial charge in [0.05, 0.1) is 10.7 Å². The van der Waals surface area contributed by atoms with Crippen LogP contribution in [-0.2, 0) is 0 Å². The molecule has 2 aromatic carbocycles. The summed E-state index contributed by atoms with van der Waals surface area (Å²) in [4.78, 5) is 14.2. The predicted octanol–water partition coefficient (Wildman–Crippen LogP) is 5.15. The molecular formula is C18H17BrClN3OS. The van der Waals surface area contributed by atoms with Gasteiger partial charge in [-0.3, -0.25) is 4.79 Å². The molecule has 2 aromatic rings. The highest BCUT2D eigenvalue weighted by atomic mass is 79.9. The lowest BCUT2D eigenvalue weighted by molar-refractivity contribution is 0.0793. The minimum atomic E-state index is 0.0893. The topological polar surface area (TPSA) is 44.4 Å². The molecule has 0 spiro atoms. The number of benzene rings is 2. The lowest BCUT2D eigenvalue weighted by Gasteiger charge is -2.16. The predicted molar refractivity (Wildman–Crippen MR) is 111 cm³/mol. The van der Waals surface area contributed by atoms with Gasteiger partial charge in [0, 0.05) is 28.8 Å². The van der Waals surface area contributed by atoms with Gasteiger partial charge in [-0.25, -0.2) is 0 Å². The fraction of sp³-hybridized carbons (Fsp3) is 0.222. The monoisotopic (exact) mass is 437 g/mol. The number of carbonyl (C=O) groups is 1. The molecule has 2 N–H and O–H groups in total. The average molecular weight is 439 g/mol. The van der Waals surface area contributed by atoms with E-state index in [-0.39, 0.29) is 5.91 Å². The Bertz CT molecular complexity index is 791. The summed E-state index contributed by atoms with van der Waals surface area (Å²) < 4.78 is 0.903. The number of amides is 1. The third-order valence-corrected chi connectivity index (χ3v) is 4.97. The molecule has 0 atom stereocenters. The van der Waals surface area contributed by atoms with Crippen molar-refractivity contribution in [2.75, 3.05) is 23.7 Å². The van der Waals surface area contributed by atoms with Crippen LogP contribution in [0.1, 0.15) is 23.2 Å². The van der Waals surface area contributed by atoms with Gasteiger partial charge < -0.3 is 15.5 Å². The van der Waals surface area contributed by atoms with E-state index in [1.165, 1.54) is 0 Å². The van der Waals surface area contributed by atoms with Gasteiger partial charge in [0.15, 0.2) is 5.11 Å². The Morgan fingerprint density at radius 3 is 2.40 bits per heavy atom. The first-order valence-electron chi connectivity index (χ1n) is 7.95. The van der Waals surface area contributed by atoms with Crippen molar-refractivity contribution in [2.24, 2.45) is 0 Å². The number of anilines is 2. The fourth-order valence-electron chi connectivity index (χ4n) is 2.67. The number of carbonyl (C=O) groups excluding carboxylic acids is 1. The molecule has 1 amide bonds. The van der Waals surface area contributed by atoms with Crippen LogP contribution in [0.2, 0.25) is 5.02 Å². The SMILES string of the molecule is O=C(c1ccc(NC(=S)Nc2ccc(Br)cc2Cl)cc1)N1CCCC1. The van der Waals surface area contributed by atoms with Crippen molar-refractivity contribution in [3.63, 3.8) is 0 Å². The molecule has 0 radical (unpaired) electrons. The van der Waals surface area contributed by atoms with Gasteiger partial charge in [-0.1, -0.05) is 27.5 Å². The maximum absolute atomic E-state index is 12.3. The summed E-state index contributed by atoms with van der Waals surface area (Å²) in [6.45, 7) is 1.70. The Hall–Kier alpha value is -1.63. The van der Waals surface area contributed by atoms with Crippen molar-refractivity contribution < 1.29 is 4.79 Å². The van der Waals surface area contributed by atoms with Gasteiger partial charge in [0.25, 0.3) is 5.91 Å². The summed E-state index contributed by atoms with van der Waals surface area (Å²) in [5, 5.41) is 7.16. The molecule has 0 bridgehead atoms. The van der Waals surface area contributed by atoms with Crippen LogP contribution in [0.4, 0.5) is 11.4 Å². The van der Waals surface area contributed by atoms with Crippen LogP contribution in [0, 0.1) is 0 Å². The average Bonchev–Trinajstić information content (AvgIpc) is 3.12. The zero-order valence-electron chi connectivity index (χ0n) is 13.4. The maximum atomic E-state index is 12.3. The highest BCUT2D eigenvalue weighted by Gasteiger charge is 2.19. The van der Waals surface area contributed by atoms with E-state index in [2.05, 4.69) is 26.6 Å². The summed E-state index contributed by atoms with van der Waals surface area (Å²) in [5.41, 5.74) is 2.23. The quantitative estimate of drug-likeness (QED) is 0.651. The van der Waals surface area contributed by atoms with Crippen molar-refractivity contribution in [3.05, 3.63) is 57.5 Å². The van der Waals surface area contributed by atoms with Crippen molar-refractivity contribution in [3.8, 4) is 0 Å². The fourth-order valence-corrected chi connectivity index (χ4v) is 3.62. The molecule has 1 aliphatic heterocycles. The first-order valence-corrected chi connectivity index (χ1v) is 9.53. The first kappa shape index (κ1) is 18.2. The molecule has 0 saturated carbocycles. The van der Waals surface area contributed by atoms with Crippen LogP contribution < -0.4 is 10.6 Å². The van der Waals surface area contributed by atoms with Crippen molar-refractivity contribution in [1.82, 2.24) is 4.90 Å². The Balaban J connectivity index is 1.60. The summed E-state index contributed by atoms with van der Waals surface area (Å²) in [7, 11) is 0. The highest BCUT2D eigenvalue weighted by Crippen LogP contribution is 2.26. The first-order chi connectivity index (χ1) is 12.0. The van der Waals surface area contributed by atoms with E-state index in [0.29, 0.717) is 15.7 Å². The molecule has 1 heterocycles. The second-order valence-electron chi connectivity index (χ2n) is 5.78. The molecule has 130 valence electrons. The highest BCUT2D eigenvalue weighted by molar-refractivity contribution is 9.10. The zero-order valence-corrected chi connectivity index (χ0v) is 16.5. The number of nitrogens with one attached hydrogen (secondary N) is 2. The van der Waals surface area contributed by atoms with E-state index >= 15 is 0 Å². The second-order valence-corrected chi connectivity index (χ2v) is 7.51. The molecule has 4 nitrogen and oxygen atoms in total. The Morgan fingerprint density at radius 1 is 1.08 bits per heavy atom. The molecule has 25 heavy (non-hydrogen) atoms. The summed E-state index contributed by atoms with van der Waals surface area (Å²) in [6, 6.07) is 12.9. The minimum Gasteiger partial charge on any atom is -0.339 e. The number of rotatable bonds is 3. The van der Waals surface area contributed by atoms with E-state index in [1.54, 1.807) is 6.07 Å². The molecule has 1 aliphatic rings. The Labute approximate surface area is 165 Å². The number of likely N-dealkylation sites (tertiary alicyclic amines) is 1. The van der Waals surface area contributed by atoms with Crippen LogP contribution in [-0.4, -0.2) is 29.0 Å². The van der Waals surface area contributed by atoms with Crippen LogP contribution in [0.3, 0.4) is 0 Å². The van der Waals surface area contributed by atoms with Gasteiger partial charge in [0.2, 0.25) is 0 Å². The smallest absolute Gasteiger partial charge is 0.253 e. The second kappa shape index (κ2) is 8.17. The summed E-state index contributed by atoms with van der Waals surface area (Å²) >= 11 is 14.9. The number of halogens is 2. The van der Waals surface area contributed by atoms with E-state index in [1.807, 2.05) is 41.3 Å². The standard InChI is InChI=1S/C18H17BrClN3OS/c19-13-5-8-16(15(20)11-13)22-18(25)21-14-6-3-12(4-7-14)17(24)23-9-1-2-10-23/h3-8,11H,1-2,9-10H2,(H2,21,22,25). The lowest BCUT2D eigenvalue weighted by atomic mass is 10.2. The molecule has 1 fully saturated rings. The van der Waals surface area contributed by atoms with Crippen LogP contribution in [0.15, 0.2) is 46.9 Å². The lowest BCUT2D eigenvalue weighted by Crippen LogP contribution is -2.27. The van der Waals surface area contributed by atoms with Crippen LogP contribution >= 0.6 is 39.7 Å². The molecule has 3 rings (SSSR count). The number of hydrogen-bond acceptors (Lipinski definition) is 2. The molecule has 0 unspecified atom stereocenters.